The van der Waals surface area contributed by atoms with E-state index in [4.69, 9.17) is 5.73 Å². The summed E-state index contributed by atoms with van der Waals surface area (Å²) >= 11 is 0. The zero-order valence-corrected chi connectivity index (χ0v) is 13.8. The second-order valence-electron chi connectivity index (χ2n) is 5.80. The first-order valence-electron chi connectivity index (χ1n) is 7.95. The van der Waals surface area contributed by atoms with Crippen LogP contribution in [0.15, 0.2) is 54.7 Å². The summed E-state index contributed by atoms with van der Waals surface area (Å²) in [6.07, 6.45) is 1.68. The molecule has 0 aliphatic heterocycles. The number of nitrogens with two attached hydrogens (primary N) is 1. The van der Waals surface area contributed by atoms with Gasteiger partial charge in [-0.1, -0.05) is 12.1 Å². The van der Waals surface area contributed by atoms with Crippen molar-refractivity contribution < 1.29 is 8.78 Å². The van der Waals surface area contributed by atoms with Crippen LogP contribution in [0.1, 0.15) is 5.69 Å². The summed E-state index contributed by atoms with van der Waals surface area (Å²) in [5.74, 6) is -1.62. The van der Waals surface area contributed by atoms with Crippen molar-refractivity contribution in [3.8, 4) is 28.6 Å². The van der Waals surface area contributed by atoms with Crippen molar-refractivity contribution in [2.75, 3.05) is 5.73 Å². The number of hydrogen-bond acceptors (Lipinski definition) is 5. The third-order valence-electron chi connectivity index (χ3n) is 4.09. The number of benzene rings is 2. The molecule has 2 aromatic heterocycles. The molecular formula is C20H11F2N5. The molecule has 2 N–H and O–H groups in total. The second kappa shape index (κ2) is 6.42. The molecule has 130 valence electrons. The molecule has 0 spiro atoms. The number of aromatic nitrogens is 3. The number of hydrogen-bond donors (Lipinski definition) is 1. The summed E-state index contributed by atoms with van der Waals surface area (Å²) in [6, 6.07) is 14.1. The fraction of sp³-hybridized carbons (Fsp3) is 0. The summed E-state index contributed by atoms with van der Waals surface area (Å²) in [7, 11) is 0. The number of rotatable bonds is 2. The maximum atomic E-state index is 14.4. The lowest BCUT2D eigenvalue weighted by Crippen LogP contribution is -2.04. The standard InChI is InChI=1S/C20H11F2N5/c21-13-4-5-14(15(22)9-13)19-18(26-17(10-23)20(24)27-19)12-3-6-16-11(8-12)2-1-7-25-16/h1-9H,(H2,24,27). The average Bonchev–Trinajstić information content (AvgIpc) is 2.67. The van der Waals surface area contributed by atoms with E-state index >= 15 is 0 Å². The normalized spacial score (nSPS) is 10.7. The third-order valence-corrected chi connectivity index (χ3v) is 4.09. The topological polar surface area (TPSA) is 88.5 Å². The Balaban J connectivity index is 2.01. The van der Waals surface area contributed by atoms with Gasteiger partial charge in [0.25, 0.3) is 0 Å². The Kier molecular flexibility index (Phi) is 3.94. The van der Waals surface area contributed by atoms with E-state index in [0.29, 0.717) is 5.56 Å². The van der Waals surface area contributed by atoms with E-state index in [2.05, 4.69) is 15.0 Å². The lowest BCUT2D eigenvalue weighted by molar-refractivity contribution is 0.585. The molecule has 0 aliphatic rings. The van der Waals surface area contributed by atoms with Gasteiger partial charge in [0, 0.05) is 28.8 Å². The number of fused-ring (bicyclic) bond motifs is 1. The fourth-order valence-corrected chi connectivity index (χ4v) is 2.82. The van der Waals surface area contributed by atoms with Crippen LogP contribution in [0.25, 0.3) is 33.4 Å². The molecule has 0 fully saturated rings. The first-order chi connectivity index (χ1) is 13.1. The van der Waals surface area contributed by atoms with Gasteiger partial charge in [-0.05, 0) is 30.3 Å². The first kappa shape index (κ1) is 16.5. The molecule has 4 aromatic rings. The van der Waals surface area contributed by atoms with Crippen LogP contribution in [-0.4, -0.2) is 15.0 Å². The minimum atomic E-state index is -0.794. The summed E-state index contributed by atoms with van der Waals surface area (Å²) in [4.78, 5) is 12.7. The number of anilines is 1. The fourth-order valence-electron chi connectivity index (χ4n) is 2.82. The third kappa shape index (κ3) is 2.93. The van der Waals surface area contributed by atoms with Crippen molar-refractivity contribution in [2.45, 2.75) is 0 Å². The van der Waals surface area contributed by atoms with Gasteiger partial charge in [0.15, 0.2) is 11.5 Å². The molecule has 0 atom stereocenters. The summed E-state index contributed by atoms with van der Waals surface area (Å²) in [6.45, 7) is 0. The molecule has 2 heterocycles. The van der Waals surface area contributed by atoms with Gasteiger partial charge in [0.2, 0.25) is 0 Å². The Bertz CT molecular complexity index is 1230. The monoisotopic (exact) mass is 359 g/mol. The van der Waals surface area contributed by atoms with E-state index in [0.717, 1.165) is 23.0 Å². The number of nitrogen functional groups attached to an aromatic ring is 1. The van der Waals surface area contributed by atoms with Crippen LogP contribution < -0.4 is 5.73 Å². The largest absolute Gasteiger partial charge is 0.381 e. The van der Waals surface area contributed by atoms with Crippen molar-refractivity contribution in [2.24, 2.45) is 0 Å². The van der Waals surface area contributed by atoms with Gasteiger partial charge < -0.3 is 5.73 Å². The van der Waals surface area contributed by atoms with Gasteiger partial charge in [-0.2, -0.15) is 5.26 Å². The number of pyridine rings is 1. The molecule has 0 saturated carbocycles. The Morgan fingerprint density at radius 3 is 2.59 bits per heavy atom. The number of halogens is 2. The molecule has 0 radical (unpaired) electrons. The summed E-state index contributed by atoms with van der Waals surface area (Å²) < 4.78 is 27.7. The minimum absolute atomic E-state index is 0.0429. The molecule has 0 bridgehead atoms. The minimum Gasteiger partial charge on any atom is -0.381 e. The first-order valence-corrected chi connectivity index (χ1v) is 7.95. The zero-order chi connectivity index (χ0) is 19.0. The van der Waals surface area contributed by atoms with Gasteiger partial charge in [-0.15, -0.1) is 0 Å². The van der Waals surface area contributed by atoms with Crippen molar-refractivity contribution in [3.63, 3.8) is 0 Å². The number of nitrogens with zero attached hydrogens (tertiary/aromatic N) is 4. The van der Waals surface area contributed by atoms with Crippen LogP contribution in [0.4, 0.5) is 14.6 Å². The van der Waals surface area contributed by atoms with E-state index in [-0.39, 0.29) is 28.5 Å². The molecule has 0 aliphatic carbocycles. The lowest BCUT2D eigenvalue weighted by atomic mass is 10.0. The predicted molar refractivity (Wildman–Crippen MR) is 97.2 cm³/mol. The summed E-state index contributed by atoms with van der Waals surface area (Å²) in [5.41, 5.74) is 7.55. The lowest BCUT2D eigenvalue weighted by Gasteiger charge is -2.12. The van der Waals surface area contributed by atoms with Crippen molar-refractivity contribution in [1.29, 1.82) is 5.26 Å². The molecule has 4 rings (SSSR count). The van der Waals surface area contributed by atoms with Crippen LogP contribution in [0.5, 0.6) is 0 Å². The Labute approximate surface area is 152 Å². The molecule has 0 saturated heterocycles. The van der Waals surface area contributed by atoms with Crippen LogP contribution in [-0.2, 0) is 0 Å². The zero-order valence-electron chi connectivity index (χ0n) is 13.8. The van der Waals surface area contributed by atoms with E-state index < -0.39 is 11.6 Å². The van der Waals surface area contributed by atoms with Gasteiger partial charge in [-0.25, -0.2) is 18.7 Å². The maximum Gasteiger partial charge on any atom is 0.183 e. The van der Waals surface area contributed by atoms with Gasteiger partial charge in [0.1, 0.15) is 23.4 Å². The van der Waals surface area contributed by atoms with Crippen molar-refractivity contribution in [3.05, 3.63) is 72.1 Å². The smallest absolute Gasteiger partial charge is 0.183 e. The van der Waals surface area contributed by atoms with E-state index in [9.17, 15) is 14.0 Å². The molecule has 0 unspecified atom stereocenters. The molecule has 27 heavy (non-hydrogen) atoms. The second-order valence-corrected chi connectivity index (χ2v) is 5.80. The van der Waals surface area contributed by atoms with Crippen molar-refractivity contribution >= 4 is 16.7 Å². The van der Waals surface area contributed by atoms with E-state index in [1.165, 1.54) is 6.07 Å². The Hall–Kier alpha value is -3.92. The molecular weight excluding hydrogens is 348 g/mol. The molecule has 5 nitrogen and oxygen atoms in total. The molecule has 2 aromatic carbocycles. The van der Waals surface area contributed by atoms with E-state index in [1.807, 2.05) is 18.2 Å². The molecule has 7 heteroatoms. The predicted octanol–water partition coefficient (Wildman–Crippen LogP) is 4.09. The van der Waals surface area contributed by atoms with Crippen LogP contribution in [0.2, 0.25) is 0 Å². The quantitative estimate of drug-likeness (QED) is 0.582. The van der Waals surface area contributed by atoms with Crippen LogP contribution >= 0.6 is 0 Å². The molecule has 0 amide bonds. The van der Waals surface area contributed by atoms with Crippen LogP contribution in [0.3, 0.4) is 0 Å². The highest BCUT2D eigenvalue weighted by molar-refractivity contribution is 5.87. The van der Waals surface area contributed by atoms with Gasteiger partial charge >= 0.3 is 0 Å². The van der Waals surface area contributed by atoms with Crippen LogP contribution in [0, 0.1) is 23.0 Å². The van der Waals surface area contributed by atoms with Gasteiger partial charge in [0.05, 0.1) is 11.2 Å². The SMILES string of the molecule is N#Cc1nc(-c2ccc3ncccc3c2)c(-c2ccc(F)cc2F)nc1N. The average molecular weight is 359 g/mol. The van der Waals surface area contributed by atoms with E-state index in [1.54, 1.807) is 24.4 Å². The summed E-state index contributed by atoms with van der Waals surface area (Å²) in [5, 5.41) is 10.1. The number of nitriles is 1. The maximum absolute atomic E-state index is 14.4. The Morgan fingerprint density at radius 2 is 1.81 bits per heavy atom. The highest BCUT2D eigenvalue weighted by Crippen LogP contribution is 2.33. The highest BCUT2D eigenvalue weighted by Gasteiger charge is 2.19. The highest BCUT2D eigenvalue weighted by atomic mass is 19.1. The Morgan fingerprint density at radius 1 is 0.963 bits per heavy atom. The van der Waals surface area contributed by atoms with Gasteiger partial charge in [-0.3, -0.25) is 4.98 Å². The van der Waals surface area contributed by atoms with Crippen molar-refractivity contribution in [1.82, 2.24) is 15.0 Å².